The number of ether oxygens (including phenoxy) is 1. The van der Waals surface area contributed by atoms with Gasteiger partial charge in [0.25, 0.3) is 0 Å². The molecule has 1 aromatic rings. The number of carbonyl (C=O) groups excluding carboxylic acids is 1. The maximum Gasteiger partial charge on any atom is 0.368 e. The molecular weight excluding hydrogens is 220 g/mol. The van der Waals surface area contributed by atoms with Crippen LogP contribution in [0.5, 0.6) is 0 Å². The SMILES string of the molecule is COC(=O)Cn1nnn(/C=C/C(=O)O)c1=O. The predicted molar refractivity (Wildman–Crippen MR) is 49.3 cm³/mol. The minimum Gasteiger partial charge on any atom is -0.478 e. The van der Waals surface area contributed by atoms with Crippen molar-refractivity contribution in [2.75, 3.05) is 7.11 Å². The molecule has 0 radical (unpaired) electrons. The van der Waals surface area contributed by atoms with Crippen LogP contribution in [0.1, 0.15) is 0 Å². The van der Waals surface area contributed by atoms with Crippen LogP contribution in [0.25, 0.3) is 6.20 Å². The lowest BCUT2D eigenvalue weighted by Gasteiger charge is -1.94. The van der Waals surface area contributed by atoms with Crippen molar-refractivity contribution in [1.29, 1.82) is 0 Å². The molecule has 9 heteroatoms. The molecule has 86 valence electrons. The van der Waals surface area contributed by atoms with Crippen molar-refractivity contribution < 1.29 is 19.4 Å². The van der Waals surface area contributed by atoms with Crippen LogP contribution >= 0.6 is 0 Å². The van der Waals surface area contributed by atoms with Gasteiger partial charge in [-0.15, -0.1) is 0 Å². The lowest BCUT2D eigenvalue weighted by molar-refractivity contribution is -0.141. The number of rotatable bonds is 4. The molecule has 1 rings (SSSR count). The summed E-state index contributed by atoms with van der Waals surface area (Å²) in [7, 11) is 1.17. The van der Waals surface area contributed by atoms with Gasteiger partial charge in [-0.2, -0.15) is 9.36 Å². The molecule has 9 nitrogen and oxygen atoms in total. The van der Waals surface area contributed by atoms with Crippen LogP contribution in [-0.2, 0) is 20.9 Å². The van der Waals surface area contributed by atoms with E-state index in [1.54, 1.807) is 0 Å². The van der Waals surface area contributed by atoms with Gasteiger partial charge in [0.1, 0.15) is 6.54 Å². The van der Waals surface area contributed by atoms with Gasteiger partial charge in [-0.3, -0.25) is 4.79 Å². The molecule has 0 amide bonds. The Kier molecular flexibility index (Phi) is 3.53. The molecule has 16 heavy (non-hydrogen) atoms. The van der Waals surface area contributed by atoms with Crippen LogP contribution < -0.4 is 5.69 Å². The number of tetrazole rings is 1. The Morgan fingerprint density at radius 1 is 1.50 bits per heavy atom. The van der Waals surface area contributed by atoms with Gasteiger partial charge in [0, 0.05) is 12.3 Å². The van der Waals surface area contributed by atoms with Gasteiger partial charge >= 0.3 is 17.6 Å². The van der Waals surface area contributed by atoms with Crippen LogP contribution in [-0.4, -0.2) is 43.9 Å². The number of nitrogens with zero attached hydrogens (tertiary/aromatic N) is 4. The molecule has 1 aromatic heterocycles. The average Bonchev–Trinajstić information content (AvgIpc) is 2.57. The molecule has 0 aliphatic carbocycles. The second-order valence-electron chi connectivity index (χ2n) is 2.59. The first-order valence-electron chi connectivity index (χ1n) is 4.05. The van der Waals surface area contributed by atoms with Crippen molar-refractivity contribution in [2.24, 2.45) is 0 Å². The third-order valence-corrected chi connectivity index (χ3v) is 1.53. The summed E-state index contributed by atoms with van der Waals surface area (Å²) >= 11 is 0. The molecule has 0 aliphatic heterocycles. The summed E-state index contributed by atoms with van der Waals surface area (Å²) in [6.45, 7) is -0.379. The van der Waals surface area contributed by atoms with Gasteiger partial charge in [0.2, 0.25) is 0 Å². The largest absolute Gasteiger partial charge is 0.478 e. The van der Waals surface area contributed by atoms with E-state index in [1.807, 2.05) is 0 Å². The minimum absolute atomic E-state index is 0.379. The molecule has 0 fully saturated rings. The molecule has 0 aliphatic rings. The van der Waals surface area contributed by atoms with Crippen molar-refractivity contribution in [3.8, 4) is 0 Å². The molecule has 0 unspecified atom stereocenters. The van der Waals surface area contributed by atoms with Crippen LogP contribution in [0.3, 0.4) is 0 Å². The number of carboxylic acids is 1. The molecule has 0 aromatic carbocycles. The Morgan fingerprint density at radius 2 is 2.19 bits per heavy atom. The highest BCUT2D eigenvalue weighted by molar-refractivity contribution is 5.82. The smallest absolute Gasteiger partial charge is 0.368 e. The lowest BCUT2D eigenvalue weighted by Crippen LogP contribution is -2.26. The van der Waals surface area contributed by atoms with Gasteiger partial charge in [-0.05, 0) is 10.4 Å². The second-order valence-corrected chi connectivity index (χ2v) is 2.59. The van der Waals surface area contributed by atoms with E-state index in [0.717, 1.165) is 17.0 Å². The molecular formula is C7H8N4O5. The van der Waals surface area contributed by atoms with Crippen molar-refractivity contribution >= 4 is 18.1 Å². The Labute approximate surface area is 88.5 Å². The van der Waals surface area contributed by atoms with Crippen molar-refractivity contribution in [1.82, 2.24) is 19.8 Å². The third-order valence-electron chi connectivity index (χ3n) is 1.53. The molecule has 0 saturated carbocycles. The number of hydrogen-bond donors (Lipinski definition) is 1. The second kappa shape index (κ2) is 4.87. The van der Waals surface area contributed by atoms with E-state index in [-0.39, 0.29) is 6.54 Å². The zero-order valence-corrected chi connectivity index (χ0v) is 8.23. The summed E-state index contributed by atoms with van der Waals surface area (Å²) in [5.41, 5.74) is -0.733. The van der Waals surface area contributed by atoms with Gasteiger partial charge in [0.15, 0.2) is 0 Å². The van der Waals surface area contributed by atoms with E-state index in [0.29, 0.717) is 4.68 Å². The first-order valence-corrected chi connectivity index (χ1v) is 4.05. The quantitative estimate of drug-likeness (QED) is 0.475. The number of methoxy groups -OCH3 is 1. The summed E-state index contributed by atoms with van der Waals surface area (Å²) in [6.07, 6.45) is 1.64. The van der Waals surface area contributed by atoms with Gasteiger partial charge in [-0.1, -0.05) is 0 Å². The number of aromatic nitrogens is 4. The summed E-state index contributed by atoms with van der Waals surface area (Å²) in [5, 5.41) is 15.0. The first-order chi connectivity index (χ1) is 7.54. The van der Waals surface area contributed by atoms with Crippen molar-refractivity contribution in [3.05, 3.63) is 16.6 Å². The highest BCUT2D eigenvalue weighted by Crippen LogP contribution is 1.81. The topological polar surface area (TPSA) is 116 Å². The van der Waals surface area contributed by atoms with E-state index in [2.05, 4.69) is 15.2 Å². The van der Waals surface area contributed by atoms with E-state index < -0.39 is 17.6 Å². The van der Waals surface area contributed by atoms with Crippen LogP contribution in [0.15, 0.2) is 10.9 Å². The zero-order chi connectivity index (χ0) is 12.1. The predicted octanol–water partition coefficient (Wildman–Crippen LogP) is -1.83. The molecule has 0 bridgehead atoms. The molecule has 0 spiro atoms. The maximum atomic E-state index is 11.4. The van der Waals surface area contributed by atoms with Crippen LogP contribution in [0, 0.1) is 0 Å². The van der Waals surface area contributed by atoms with Crippen LogP contribution in [0.4, 0.5) is 0 Å². The number of carboxylic acid groups (broad SMARTS) is 1. The number of esters is 1. The molecule has 0 atom stereocenters. The Bertz CT molecular complexity index is 485. The van der Waals surface area contributed by atoms with Crippen LogP contribution in [0.2, 0.25) is 0 Å². The zero-order valence-electron chi connectivity index (χ0n) is 8.23. The number of carbonyl (C=O) groups is 2. The average molecular weight is 228 g/mol. The Balaban J connectivity index is 2.89. The molecule has 1 N–H and O–H groups in total. The standard InChI is InChI=1S/C7H8N4O5/c1-16-6(14)4-11-7(15)10(8-9-11)3-2-5(12)13/h2-3H,4H2,1H3,(H,12,13)/b3-2+. The highest BCUT2D eigenvalue weighted by Gasteiger charge is 2.09. The summed E-state index contributed by atoms with van der Waals surface area (Å²) < 4.78 is 5.77. The van der Waals surface area contributed by atoms with E-state index in [4.69, 9.17) is 5.11 Å². The van der Waals surface area contributed by atoms with E-state index in [9.17, 15) is 14.4 Å². The number of hydrogen-bond acceptors (Lipinski definition) is 6. The van der Waals surface area contributed by atoms with E-state index >= 15 is 0 Å². The third kappa shape index (κ3) is 2.77. The number of aliphatic carboxylic acids is 1. The van der Waals surface area contributed by atoms with Gasteiger partial charge in [0.05, 0.1) is 7.11 Å². The lowest BCUT2D eigenvalue weighted by atomic mass is 10.6. The normalized spacial score (nSPS) is 10.6. The van der Waals surface area contributed by atoms with Gasteiger partial charge in [-0.25, -0.2) is 9.59 Å². The van der Waals surface area contributed by atoms with Crippen molar-refractivity contribution in [3.63, 3.8) is 0 Å². The highest BCUT2D eigenvalue weighted by atomic mass is 16.5. The maximum absolute atomic E-state index is 11.4. The first kappa shape index (κ1) is 11.6. The fourth-order valence-corrected chi connectivity index (χ4v) is 0.800. The molecule has 1 heterocycles. The Morgan fingerprint density at radius 3 is 2.75 bits per heavy atom. The van der Waals surface area contributed by atoms with Crippen molar-refractivity contribution in [2.45, 2.75) is 6.54 Å². The summed E-state index contributed by atoms with van der Waals surface area (Å²) in [6, 6.07) is 0. The summed E-state index contributed by atoms with van der Waals surface area (Å²) in [4.78, 5) is 32.4. The Hall–Kier alpha value is -2.45. The molecule has 0 saturated heterocycles. The fourth-order valence-electron chi connectivity index (χ4n) is 0.800. The van der Waals surface area contributed by atoms with Gasteiger partial charge < -0.3 is 9.84 Å². The monoisotopic (exact) mass is 228 g/mol. The minimum atomic E-state index is -1.23. The summed E-state index contributed by atoms with van der Waals surface area (Å²) in [5.74, 6) is -1.88. The van der Waals surface area contributed by atoms with E-state index in [1.165, 1.54) is 7.11 Å². The fraction of sp³-hybridized carbons (Fsp3) is 0.286.